The Labute approximate surface area is 123 Å². The monoisotopic (exact) mass is 288 g/mol. The van der Waals surface area contributed by atoms with E-state index in [0.717, 1.165) is 24.1 Å². The number of hydrogen-bond donors (Lipinski definition) is 0. The van der Waals surface area contributed by atoms with Crippen LogP contribution < -0.4 is 9.47 Å². The van der Waals surface area contributed by atoms with Crippen molar-refractivity contribution in [1.29, 1.82) is 0 Å². The molecule has 2 aromatic carbocycles. The van der Waals surface area contributed by atoms with E-state index in [1.165, 1.54) is 11.1 Å². The van der Waals surface area contributed by atoms with Crippen molar-refractivity contribution in [1.82, 2.24) is 0 Å². The zero-order valence-electron chi connectivity index (χ0n) is 12.0. The second-order valence-electron chi connectivity index (χ2n) is 4.88. The van der Waals surface area contributed by atoms with Crippen LogP contribution in [0.1, 0.15) is 17.5 Å². The minimum absolute atomic E-state index is 0.268. The van der Waals surface area contributed by atoms with E-state index < -0.39 is 0 Å². The smallest absolute Gasteiger partial charge is 0.241 e. The van der Waals surface area contributed by atoms with Crippen LogP contribution in [0.25, 0.3) is 0 Å². The fourth-order valence-electron chi connectivity index (χ4n) is 1.96. The van der Waals surface area contributed by atoms with E-state index in [2.05, 4.69) is 35.2 Å². The molecule has 0 aliphatic carbocycles. The molecular weight excluding hydrogens is 267 g/mol. The zero-order chi connectivity index (χ0) is 14.4. The maximum atomic E-state index is 5.94. The first-order valence-corrected chi connectivity index (χ1v) is 7.66. The van der Waals surface area contributed by atoms with Crippen LogP contribution in [-0.2, 0) is 0 Å². The van der Waals surface area contributed by atoms with E-state index in [9.17, 15) is 0 Å². The quantitative estimate of drug-likeness (QED) is 0.581. The summed E-state index contributed by atoms with van der Waals surface area (Å²) in [6.45, 7) is 4.11. The molecule has 3 heteroatoms. The molecule has 0 aromatic heterocycles. The van der Waals surface area contributed by atoms with E-state index in [-0.39, 0.29) is 6.29 Å². The van der Waals surface area contributed by atoms with Crippen LogP contribution in [0, 0.1) is 13.8 Å². The first-order chi connectivity index (χ1) is 9.67. The number of benzene rings is 2. The molecule has 2 rings (SSSR count). The highest BCUT2D eigenvalue weighted by atomic mass is 31.0. The maximum absolute atomic E-state index is 5.94. The number of aryl methyl sites for hydroxylation is 2. The molecular formula is C17H21O2P. The summed E-state index contributed by atoms with van der Waals surface area (Å²) in [5.41, 5.74) is 2.37. The maximum Gasteiger partial charge on any atom is 0.241 e. The fraction of sp³-hybridized carbons (Fsp3) is 0.294. The Hall–Kier alpha value is -1.53. The van der Waals surface area contributed by atoms with E-state index in [1.54, 1.807) is 0 Å². The fourth-order valence-corrected chi connectivity index (χ4v) is 2.23. The van der Waals surface area contributed by atoms with E-state index in [0.29, 0.717) is 0 Å². The number of hydrogen-bond acceptors (Lipinski definition) is 2. The van der Waals surface area contributed by atoms with Gasteiger partial charge in [0.25, 0.3) is 0 Å². The predicted molar refractivity (Wildman–Crippen MR) is 86.6 cm³/mol. The Morgan fingerprint density at radius 2 is 1.40 bits per heavy atom. The third-order valence-electron chi connectivity index (χ3n) is 2.92. The average molecular weight is 288 g/mol. The van der Waals surface area contributed by atoms with Crippen LogP contribution in [0.15, 0.2) is 48.5 Å². The van der Waals surface area contributed by atoms with Crippen LogP contribution >= 0.6 is 9.24 Å². The molecule has 0 saturated carbocycles. The third-order valence-corrected chi connectivity index (χ3v) is 3.25. The SMILES string of the molecule is Cc1cccc(OC(CCP)Oc2cccc(C)c2)c1. The van der Waals surface area contributed by atoms with Crippen molar-refractivity contribution >= 4 is 9.24 Å². The van der Waals surface area contributed by atoms with Crippen molar-refractivity contribution in [2.45, 2.75) is 26.6 Å². The molecule has 0 radical (unpaired) electrons. The Kier molecular flexibility index (Phi) is 5.43. The number of ether oxygens (including phenoxy) is 2. The molecule has 0 fully saturated rings. The van der Waals surface area contributed by atoms with Crippen LogP contribution in [0.4, 0.5) is 0 Å². The van der Waals surface area contributed by atoms with Crippen LogP contribution in [-0.4, -0.2) is 12.5 Å². The lowest BCUT2D eigenvalue weighted by Crippen LogP contribution is -2.24. The summed E-state index contributed by atoms with van der Waals surface area (Å²) in [7, 11) is 2.72. The number of rotatable bonds is 6. The van der Waals surface area contributed by atoms with Gasteiger partial charge in [0.1, 0.15) is 11.5 Å². The van der Waals surface area contributed by atoms with Gasteiger partial charge in [0.2, 0.25) is 6.29 Å². The molecule has 0 aliphatic heterocycles. The Balaban J connectivity index is 2.07. The highest BCUT2D eigenvalue weighted by Crippen LogP contribution is 2.20. The lowest BCUT2D eigenvalue weighted by molar-refractivity contribution is 0.00416. The van der Waals surface area contributed by atoms with E-state index >= 15 is 0 Å². The van der Waals surface area contributed by atoms with Gasteiger partial charge in [-0.25, -0.2) is 0 Å². The lowest BCUT2D eigenvalue weighted by atomic mass is 10.2. The summed E-state index contributed by atoms with van der Waals surface area (Å²) in [6, 6.07) is 16.1. The Bertz CT molecular complexity index is 507. The first-order valence-electron chi connectivity index (χ1n) is 6.84. The van der Waals surface area contributed by atoms with Gasteiger partial charge < -0.3 is 9.47 Å². The third kappa shape index (κ3) is 4.54. The van der Waals surface area contributed by atoms with Gasteiger partial charge in [0.05, 0.1) is 0 Å². The van der Waals surface area contributed by atoms with Gasteiger partial charge in [-0.2, -0.15) is 0 Å². The zero-order valence-corrected chi connectivity index (χ0v) is 13.2. The molecule has 0 spiro atoms. The van der Waals surface area contributed by atoms with Crippen molar-refractivity contribution in [3.05, 3.63) is 59.7 Å². The second-order valence-corrected chi connectivity index (χ2v) is 5.45. The normalized spacial score (nSPS) is 10.6. The minimum atomic E-state index is -0.268. The van der Waals surface area contributed by atoms with Gasteiger partial charge in [-0.1, -0.05) is 24.3 Å². The topological polar surface area (TPSA) is 18.5 Å². The Morgan fingerprint density at radius 1 is 0.900 bits per heavy atom. The molecule has 2 aromatic rings. The molecule has 0 N–H and O–H groups in total. The van der Waals surface area contributed by atoms with Crippen molar-refractivity contribution in [2.75, 3.05) is 6.16 Å². The summed E-state index contributed by atoms with van der Waals surface area (Å²) < 4.78 is 11.9. The highest BCUT2D eigenvalue weighted by molar-refractivity contribution is 7.16. The molecule has 1 atom stereocenters. The molecule has 0 heterocycles. The summed E-state index contributed by atoms with van der Waals surface area (Å²) in [4.78, 5) is 0. The van der Waals surface area contributed by atoms with Crippen molar-refractivity contribution in [2.24, 2.45) is 0 Å². The molecule has 0 amide bonds. The summed E-state index contributed by atoms with van der Waals surface area (Å²) in [5.74, 6) is 1.70. The van der Waals surface area contributed by atoms with Gasteiger partial charge in [0, 0.05) is 6.42 Å². The molecule has 0 saturated heterocycles. The highest BCUT2D eigenvalue weighted by Gasteiger charge is 2.11. The van der Waals surface area contributed by atoms with Crippen LogP contribution in [0.5, 0.6) is 11.5 Å². The van der Waals surface area contributed by atoms with Gasteiger partial charge in [-0.3, -0.25) is 0 Å². The van der Waals surface area contributed by atoms with Gasteiger partial charge in [-0.05, 0) is 55.4 Å². The summed E-state index contributed by atoms with van der Waals surface area (Å²) in [6.07, 6.45) is 1.49. The van der Waals surface area contributed by atoms with Crippen molar-refractivity contribution in [3.8, 4) is 11.5 Å². The molecule has 106 valence electrons. The first kappa shape index (κ1) is 14.9. The molecule has 0 aliphatic rings. The van der Waals surface area contributed by atoms with Crippen molar-refractivity contribution in [3.63, 3.8) is 0 Å². The molecule has 1 unspecified atom stereocenters. The van der Waals surface area contributed by atoms with E-state index in [4.69, 9.17) is 9.47 Å². The summed E-state index contributed by atoms with van der Waals surface area (Å²) >= 11 is 0. The largest absolute Gasteiger partial charge is 0.455 e. The summed E-state index contributed by atoms with van der Waals surface area (Å²) in [5, 5.41) is 0. The van der Waals surface area contributed by atoms with Gasteiger partial charge in [0.15, 0.2) is 0 Å². The molecule has 0 bridgehead atoms. The predicted octanol–water partition coefficient (Wildman–Crippen LogP) is 4.35. The standard InChI is InChI=1S/C17H21O2P/c1-13-5-3-7-15(11-13)18-17(9-10-20)19-16-8-4-6-14(2)12-16/h3-8,11-12,17H,9-10,20H2,1-2H3. The lowest BCUT2D eigenvalue weighted by Gasteiger charge is -2.20. The Morgan fingerprint density at radius 3 is 1.80 bits per heavy atom. The van der Waals surface area contributed by atoms with Crippen LogP contribution in [0.3, 0.4) is 0 Å². The minimum Gasteiger partial charge on any atom is -0.455 e. The molecule has 20 heavy (non-hydrogen) atoms. The van der Waals surface area contributed by atoms with Gasteiger partial charge >= 0.3 is 0 Å². The van der Waals surface area contributed by atoms with E-state index in [1.807, 2.05) is 36.4 Å². The average Bonchev–Trinajstić information content (AvgIpc) is 2.39. The second kappa shape index (κ2) is 7.31. The van der Waals surface area contributed by atoms with Crippen molar-refractivity contribution < 1.29 is 9.47 Å². The van der Waals surface area contributed by atoms with Gasteiger partial charge in [-0.15, -0.1) is 9.24 Å². The molecule has 2 nitrogen and oxygen atoms in total. The van der Waals surface area contributed by atoms with Crippen LogP contribution in [0.2, 0.25) is 0 Å².